The highest BCUT2D eigenvalue weighted by Gasteiger charge is 2.39. The van der Waals surface area contributed by atoms with Crippen LogP contribution < -0.4 is 5.32 Å². The molecule has 1 N–H and O–H groups in total. The van der Waals surface area contributed by atoms with Crippen molar-refractivity contribution in [1.82, 2.24) is 10.2 Å². The predicted octanol–water partition coefficient (Wildman–Crippen LogP) is 3.07. The Bertz CT molecular complexity index is 312. The molecular weight excluding hydrogens is 234 g/mol. The van der Waals surface area contributed by atoms with Gasteiger partial charge in [0.25, 0.3) is 0 Å². The summed E-state index contributed by atoms with van der Waals surface area (Å²) in [5, 5.41) is 13.0. The molecule has 3 nitrogen and oxygen atoms in total. The lowest BCUT2D eigenvalue weighted by molar-refractivity contribution is 0.0866. The van der Waals surface area contributed by atoms with Crippen molar-refractivity contribution in [2.45, 2.75) is 82.8 Å². The molecule has 2 aliphatic rings. The van der Waals surface area contributed by atoms with Gasteiger partial charge in [0, 0.05) is 12.1 Å². The van der Waals surface area contributed by atoms with Crippen LogP contribution in [0.3, 0.4) is 0 Å². The molecular formula is C16H29N3. The van der Waals surface area contributed by atoms with E-state index >= 15 is 0 Å². The quantitative estimate of drug-likeness (QED) is 0.828. The second-order valence-corrected chi connectivity index (χ2v) is 6.24. The minimum absolute atomic E-state index is 0.260. The third-order valence-corrected chi connectivity index (χ3v) is 5.08. The van der Waals surface area contributed by atoms with Crippen molar-refractivity contribution in [2.75, 3.05) is 13.1 Å². The summed E-state index contributed by atoms with van der Waals surface area (Å²) in [7, 11) is 0. The van der Waals surface area contributed by atoms with Crippen LogP contribution in [-0.2, 0) is 0 Å². The molecule has 0 heterocycles. The van der Waals surface area contributed by atoms with Crippen LogP contribution >= 0.6 is 0 Å². The van der Waals surface area contributed by atoms with E-state index in [1.807, 2.05) is 0 Å². The monoisotopic (exact) mass is 263 g/mol. The van der Waals surface area contributed by atoms with E-state index in [-0.39, 0.29) is 5.54 Å². The van der Waals surface area contributed by atoms with Gasteiger partial charge in [-0.05, 0) is 51.6 Å². The first kappa shape index (κ1) is 14.8. The van der Waals surface area contributed by atoms with Gasteiger partial charge in [0.05, 0.1) is 6.07 Å². The molecule has 0 radical (unpaired) electrons. The summed E-state index contributed by atoms with van der Waals surface area (Å²) in [5.74, 6) is 0. The van der Waals surface area contributed by atoms with E-state index in [0.29, 0.717) is 6.04 Å². The first-order valence-electron chi connectivity index (χ1n) is 8.16. The van der Waals surface area contributed by atoms with Gasteiger partial charge in [-0.3, -0.25) is 10.2 Å². The Morgan fingerprint density at radius 2 is 1.84 bits per heavy atom. The standard InChI is InChI=1S/C16H29N3/c1-3-18-16(13-17)11-7-10-15(12-16)19(4-2)14-8-5-6-9-14/h14-15,18H,3-12H2,1-2H3. The SMILES string of the molecule is CCNC1(C#N)CCCC(N(CC)C2CCCC2)C1. The Kier molecular flexibility index (Phi) is 5.24. The first-order chi connectivity index (χ1) is 9.24. The van der Waals surface area contributed by atoms with Gasteiger partial charge in [-0.25, -0.2) is 0 Å². The number of hydrogen-bond acceptors (Lipinski definition) is 3. The zero-order chi connectivity index (χ0) is 13.7. The van der Waals surface area contributed by atoms with E-state index in [1.165, 1.54) is 38.5 Å². The van der Waals surface area contributed by atoms with Gasteiger partial charge < -0.3 is 0 Å². The highest BCUT2D eigenvalue weighted by molar-refractivity contribution is 5.11. The van der Waals surface area contributed by atoms with Crippen molar-refractivity contribution >= 4 is 0 Å². The maximum Gasteiger partial charge on any atom is 0.108 e. The molecule has 0 bridgehead atoms. The van der Waals surface area contributed by atoms with Gasteiger partial charge in [0.1, 0.15) is 5.54 Å². The number of nitrogens with one attached hydrogen (secondary N) is 1. The fraction of sp³-hybridized carbons (Fsp3) is 0.938. The number of rotatable bonds is 5. The van der Waals surface area contributed by atoms with Crippen molar-refractivity contribution in [3.05, 3.63) is 0 Å². The third kappa shape index (κ3) is 3.30. The molecule has 0 saturated heterocycles. The van der Waals surface area contributed by atoms with Crippen LogP contribution in [-0.4, -0.2) is 35.6 Å². The minimum Gasteiger partial charge on any atom is -0.300 e. The lowest BCUT2D eigenvalue weighted by Gasteiger charge is -2.43. The van der Waals surface area contributed by atoms with Gasteiger partial charge >= 0.3 is 0 Å². The second kappa shape index (κ2) is 6.72. The molecule has 0 aromatic rings. The average Bonchev–Trinajstić information content (AvgIpc) is 2.94. The summed E-state index contributed by atoms with van der Waals surface area (Å²) < 4.78 is 0. The van der Waals surface area contributed by atoms with Crippen molar-refractivity contribution < 1.29 is 0 Å². The molecule has 2 atom stereocenters. The Balaban J connectivity index is 2.04. The number of hydrogen-bond donors (Lipinski definition) is 1. The molecule has 108 valence electrons. The normalized spacial score (nSPS) is 32.6. The highest BCUT2D eigenvalue weighted by atomic mass is 15.2. The Labute approximate surface area is 118 Å². The van der Waals surface area contributed by atoms with Crippen molar-refractivity contribution in [1.29, 1.82) is 5.26 Å². The van der Waals surface area contributed by atoms with Crippen LogP contribution in [0, 0.1) is 11.3 Å². The first-order valence-corrected chi connectivity index (χ1v) is 8.16. The van der Waals surface area contributed by atoms with Crippen LogP contribution in [0.25, 0.3) is 0 Å². The molecule has 0 aromatic carbocycles. The molecule has 2 saturated carbocycles. The maximum absolute atomic E-state index is 9.58. The lowest BCUT2D eigenvalue weighted by Crippen LogP contribution is -2.54. The second-order valence-electron chi connectivity index (χ2n) is 6.24. The smallest absolute Gasteiger partial charge is 0.108 e. The summed E-state index contributed by atoms with van der Waals surface area (Å²) >= 11 is 0. The van der Waals surface area contributed by atoms with Gasteiger partial charge in [-0.1, -0.05) is 26.7 Å². The predicted molar refractivity (Wildman–Crippen MR) is 78.9 cm³/mol. The van der Waals surface area contributed by atoms with Crippen molar-refractivity contribution in [2.24, 2.45) is 0 Å². The summed E-state index contributed by atoms with van der Waals surface area (Å²) in [5.41, 5.74) is -0.260. The Hall–Kier alpha value is -0.590. The summed E-state index contributed by atoms with van der Waals surface area (Å²) in [6.45, 7) is 6.43. The zero-order valence-corrected chi connectivity index (χ0v) is 12.6. The van der Waals surface area contributed by atoms with Crippen LogP contribution in [0.1, 0.15) is 65.2 Å². The van der Waals surface area contributed by atoms with Crippen LogP contribution in [0.2, 0.25) is 0 Å². The number of nitriles is 1. The Morgan fingerprint density at radius 1 is 1.16 bits per heavy atom. The van der Waals surface area contributed by atoms with Gasteiger partial charge in [-0.2, -0.15) is 5.26 Å². The fourth-order valence-electron chi connectivity index (χ4n) is 4.22. The molecule has 2 aliphatic carbocycles. The van der Waals surface area contributed by atoms with Crippen molar-refractivity contribution in [3.63, 3.8) is 0 Å². The van der Waals surface area contributed by atoms with Crippen LogP contribution in [0.15, 0.2) is 0 Å². The molecule has 2 rings (SSSR count). The van der Waals surface area contributed by atoms with E-state index in [1.54, 1.807) is 0 Å². The molecule has 0 aliphatic heterocycles. The molecule has 3 heteroatoms. The Morgan fingerprint density at radius 3 is 2.42 bits per heavy atom. The van der Waals surface area contributed by atoms with E-state index in [4.69, 9.17) is 0 Å². The van der Waals surface area contributed by atoms with Crippen molar-refractivity contribution in [3.8, 4) is 6.07 Å². The summed E-state index contributed by atoms with van der Waals surface area (Å²) in [4.78, 5) is 2.70. The summed E-state index contributed by atoms with van der Waals surface area (Å²) in [6, 6.07) is 3.98. The van der Waals surface area contributed by atoms with E-state index < -0.39 is 0 Å². The zero-order valence-electron chi connectivity index (χ0n) is 12.6. The van der Waals surface area contributed by atoms with Crippen LogP contribution in [0.4, 0.5) is 0 Å². The fourth-order valence-corrected chi connectivity index (χ4v) is 4.22. The third-order valence-electron chi connectivity index (χ3n) is 5.08. The average molecular weight is 263 g/mol. The largest absolute Gasteiger partial charge is 0.300 e. The van der Waals surface area contributed by atoms with E-state index in [9.17, 15) is 5.26 Å². The molecule has 0 amide bonds. The molecule has 0 spiro atoms. The molecule has 2 fully saturated rings. The molecule has 19 heavy (non-hydrogen) atoms. The van der Waals surface area contributed by atoms with E-state index in [2.05, 4.69) is 30.1 Å². The minimum atomic E-state index is -0.260. The van der Waals surface area contributed by atoms with E-state index in [0.717, 1.165) is 32.0 Å². The lowest BCUT2D eigenvalue weighted by atomic mass is 9.79. The van der Waals surface area contributed by atoms with Gasteiger partial charge in [0.2, 0.25) is 0 Å². The van der Waals surface area contributed by atoms with Gasteiger partial charge in [-0.15, -0.1) is 0 Å². The van der Waals surface area contributed by atoms with Gasteiger partial charge in [0.15, 0.2) is 0 Å². The maximum atomic E-state index is 9.58. The van der Waals surface area contributed by atoms with Crippen LogP contribution in [0.5, 0.6) is 0 Å². The molecule has 2 unspecified atom stereocenters. The number of nitrogens with zero attached hydrogens (tertiary/aromatic N) is 2. The topological polar surface area (TPSA) is 39.1 Å². The highest BCUT2D eigenvalue weighted by Crippen LogP contribution is 2.34. The summed E-state index contributed by atoms with van der Waals surface area (Å²) in [6.07, 6.45) is 10.0. The molecule has 0 aromatic heterocycles.